The second-order valence-electron chi connectivity index (χ2n) is 9.00. The molecule has 0 aliphatic heterocycles. The summed E-state index contributed by atoms with van der Waals surface area (Å²) in [5.41, 5.74) is 11.5. The molecule has 0 radical (unpaired) electrons. The monoisotopic (exact) mass is 695 g/mol. The molecule has 1 heterocycles. The van der Waals surface area contributed by atoms with Gasteiger partial charge in [0.25, 0.3) is 0 Å². The van der Waals surface area contributed by atoms with Crippen LogP contribution in [-0.4, -0.2) is 36.1 Å². The molecule has 0 spiro atoms. The summed E-state index contributed by atoms with van der Waals surface area (Å²) in [5.74, 6) is 0. The van der Waals surface area contributed by atoms with Gasteiger partial charge in [-0.3, -0.25) is 9.88 Å². The Bertz CT molecular complexity index is 935. The maximum Gasteiger partial charge on any atom is 2.00 e. The van der Waals surface area contributed by atoms with Crippen LogP contribution in [0.2, 0.25) is 0 Å². The summed E-state index contributed by atoms with van der Waals surface area (Å²) in [6, 6.07) is 15.1. The molecular weight excluding hydrogens is 658 g/mol. The summed E-state index contributed by atoms with van der Waals surface area (Å²) < 4.78 is 0. The van der Waals surface area contributed by atoms with Crippen LogP contribution in [0, 0.1) is 41.5 Å². The quantitative estimate of drug-likeness (QED) is 0.313. The van der Waals surface area contributed by atoms with E-state index in [-0.39, 0.29) is 45.9 Å². The van der Waals surface area contributed by atoms with Crippen LogP contribution in [0.3, 0.4) is 0 Å². The molecule has 0 aliphatic carbocycles. The molecule has 0 unspecified atom stereocenters. The fourth-order valence-corrected chi connectivity index (χ4v) is 4.59. The van der Waals surface area contributed by atoms with E-state index in [4.69, 9.17) is 0 Å². The Labute approximate surface area is 238 Å². The van der Waals surface area contributed by atoms with Crippen molar-refractivity contribution in [1.29, 1.82) is 0 Å². The number of rotatable bonds is 10. The molecule has 0 atom stereocenters. The van der Waals surface area contributed by atoms with E-state index in [9.17, 15) is 0 Å². The Kier molecular flexibility index (Phi) is 15.5. The second-order valence-corrected chi connectivity index (χ2v) is 9.00. The number of halogens is 2. The summed E-state index contributed by atoms with van der Waals surface area (Å²) in [7, 11) is 0. The molecule has 35 heavy (non-hydrogen) atoms. The fraction of sp³-hybridized carbons (Fsp3) is 0.393. The third-order valence-electron chi connectivity index (χ3n) is 5.93. The van der Waals surface area contributed by atoms with Gasteiger partial charge < -0.3 is 35.4 Å². The first-order valence-electron chi connectivity index (χ1n) is 11.6. The van der Waals surface area contributed by atoms with Crippen LogP contribution in [0.25, 0.3) is 0 Å². The van der Waals surface area contributed by atoms with Gasteiger partial charge in [-0.1, -0.05) is 41.5 Å². The summed E-state index contributed by atoms with van der Waals surface area (Å²) >= 11 is 0. The van der Waals surface area contributed by atoms with Crippen molar-refractivity contribution in [2.45, 2.75) is 48.1 Å². The minimum Gasteiger partial charge on any atom is -1.00 e. The first-order valence-corrected chi connectivity index (χ1v) is 11.6. The SMILES string of the molecule is Cc1cc(C)c(NCCN(CCNc2c(C)cc(C)cc2C)Cc2ccccn2)c(C)c1.[Cl-].[Cl-].[Pt+2]. The van der Waals surface area contributed by atoms with Gasteiger partial charge in [0, 0.05) is 50.3 Å². The summed E-state index contributed by atoms with van der Waals surface area (Å²) in [5, 5.41) is 7.35. The number of aryl methyl sites for hydroxylation is 6. The first kappa shape index (κ1) is 33.4. The number of anilines is 2. The van der Waals surface area contributed by atoms with E-state index in [1.165, 1.54) is 44.8 Å². The van der Waals surface area contributed by atoms with Crippen LogP contribution < -0.4 is 35.4 Å². The number of hydrogen-bond donors (Lipinski definition) is 2. The van der Waals surface area contributed by atoms with Gasteiger partial charge in [-0.2, -0.15) is 0 Å². The van der Waals surface area contributed by atoms with Crippen molar-refractivity contribution in [3.05, 3.63) is 87.7 Å². The van der Waals surface area contributed by atoms with Gasteiger partial charge in [-0.25, -0.2) is 0 Å². The van der Waals surface area contributed by atoms with Crippen LogP contribution in [0.4, 0.5) is 11.4 Å². The van der Waals surface area contributed by atoms with Crippen LogP contribution in [0.1, 0.15) is 39.1 Å². The van der Waals surface area contributed by atoms with E-state index in [1.807, 2.05) is 12.3 Å². The predicted molar refractivity (Wildman–Crippen MR) is 138 cm³/mol. The maximum atomic E-state index is 4.54. The molecule has 194 valence electrons. The van der Waals surface area contributed by atoms with Gasteiger partial charge in [-0.15, -0.1) is 0 Å². The minimum atomic E-state index is 0. The smallest absolute Gasteiger partial charge is 1.00 e. The molecule has 7 heteroatoms. The van der Waals surface area contributed by atoms with Crippen molar-refractivity contribution in [3.8, 4) is 0 Å². The number of pyridine rings is 1. The molecule has 0 fully saturated rings. The average molecular weight is 697 g/mol. The van der Waals surface area contributed by atoms with Crippen molar-refractivity contribution in [3.63, 3.8) is 0 Å². The number of nitrogens with one attached hydrogen (secondary N) is 2. The average Bonchev–Trinajstić information content (AvgIpc) is 2.72. The standard InChI is InChI=1S/C28H38N4.2ClH.Pt/c1-20-15-22(3)27(23(4)16-20)30-11-13-32(19-26-9-7-8-10-29-26)14-12-31-28-24(5)17-21(2)18-25(28)6;;;/h7-10,15-18,30-31H,11-14,19H2,1-6H3;2*1H;/q;;;+2/p-2. The number of nitrogens with zero attached hydrogens (tertiary/aromatic N) is 2. The van der Waals surface area contributed by atoms with E-state index < -0.39 is 0 Å². The molecule has 0 saturated carbocycles. The fourth-order valence-electron chi connectivity index (χ4n) is 4.59. The van der Waals surface area contributed by atoms with Crippen LogP contribution in [0.15, 0.2) is 48.7 Å². The number of hydrogen-bond acceptors (Lipinski definition) is 4. The van der Waals surface area contributed by atoms with Crippen molar-refractivity contribution in [2.75, 3.05) is 36.8 Å². The molecule has 1 aromatic heterocycles. The summed E-state index contributed by atoms with van der Waals surface area (Å²) in [4.78, 5) is 7.02. The Morgan fingerprint density at radius 1 is 0.686 bits per heavy atom. The van der Waals surface area contributed by atoms with E-state index in [0.717, 1.165) is 38.4 Å². The van der Waals surface area contributed by atoms with Crippen molar-refractivity contribution < 1.29 is 45.9 Å². The molecule has 0 amide bonds. The van der Waals surface area contributed by atoms with Crippen molar-refractivity contribution in [1.82, 2.24) is 9.88 Å². The normalized spacial score (nSPS) is 10.1. The van der Waals surface area contributed by atoms with Gasteiger partial charge in [0.05, 0.1) is 5.69 Å². The van der Waals surface area contributed by atoms with Crippen LogP contribution in [0.5, 0.6) is 0 Å². The first-order chi connectivity index (χ1) is 15.3. The molecule has 2 aromatic carbocycles. The molecule has 3 aromatic rings. The van der Waals surface area contributed by atoms with Gasteiger partial charge in [-0.05, 0) is 75.9 Å². The molecule has 0 bridgehead atoms. The van der Waals surface area contributed by atoms with Crippen LogP contribution >= 0.6 is 0 Å². The van der Waals surface area contributed by atoms with Crippen molar-refractivity contribution in [2.24, 2.45) is 0 Å². The molecule has 0 saturated heterocycles. The molecule has 3 rings (SSSR count). The zero-order valence-corrected chi connectivity index (χ0v) is 25.4. The minimum absolute atomic E-state index is 0. The molecular formula is C28H38Cl2N4Pt. The van der Waals surface area contributed by atoms with Crippen molar-refractivity contribution >= 4 is 11.4 Å². The van der Waals surface area contributed by atoms with Gasteiger partial charge >= 0.3 is 21.1 Å². The van der Waals surface area contributed by atoms with E-state index in [0.29, 0.717) is 0 Å². The molecule has 4 nitrogen and oxygen atoms in total. The van der Waals surface area contributed by atoms with Gasteiger partial charge in [0.15, 0.2) is 0 Å². The topological polar surface area (TPSA) is 40.2 Å². The molecule has 0 aliphatic rings. The van der Waals surface area contributed by atoms with E-state index in [1.54, 1.807) is 0 Å². The Morgan fingerprint density at radius 3 is 1.49 bits per heavy atom. The Morgan fingerprint density at radius 2 is 1.11 bits per heavy atom. The van der Waals surface area contributed by atoms with E-state index in [2.05, 4.69) is 98.5 Å². The summed E-state index contributed by atoms with van der Waals surface area (Å²) in [6.45, 7) is 17.6. The van der Waals surface area contributed by atoms with Gasteiger partial charge in [0.1, 0.15) is 0 Å². The Hall–Kier alpha value is -1.58. The number of benzene rings is 2. The van der Waals surface area contributed by atoms with Crippen LogP contribution in [-0.2, 0) is 27.6 Å². The van der Waals surface area contributed by atoms with Gasteiger partial charge in [0.2, 0.25) is 0 Å². The predicted octanol–water partition coefficient (Wildman–Crippen LogP) is -0.0362. The Balaban J connectivity index is 0.00000385. The third-order valence-corrected chi connectivity index (χ3v) is 5.93. The summed E-state index contributed by atoms with van der Waals surface area (Å²) in [6.07, 6.45) is 1.88. The zero-order valence-electron chi connectivity index (χ0n) is 21.6. The largest absolute Gasteiger partial charge is 2.00 e. The van der Waals surface area contributed by atoms with E-state index >= 15 is 0 Å². The molecule has 2 N–H and O–H groups in total. The zero-order chi connectivity index (χ0) is 23.1. The third kappa shape index (κ3) is 10.1. The maximum absolute atomic E-state index is 4.54. The number of aromatic nitrogens is 1. The second kappa shape index (κ2) is 16.2.